The number of hydrogen-bond donors (Lipinski definition) is 2. The minimum absolute atomic E-state index is 0.0413. The van der Waals surface area contributed by atoms with E-state index in [-0.39, 0.29) is 12.5 Å². The minimum atomic E-state index is -0.0413. The lowest BCUT2D eigenvalue weighted by atomic mass is 10.2. The lowest BCUT2D eigenvalue weighted by Gasteiger charge is -2.08. The maximum absolute atomic E-state index is 11.1. The maximum Gasteiger partial charge on any atom is 0.239 e. The Bertz CT molecular complexity index is 378. The van der Waals surface area contributed by atoms with Crippen LogP contribution in [0, 0.1) is 0 Å². The van der Waals surface area contributed by atoms with Crippen LogP contribution < -0.4 is 10.6 Å². The molecular formula is C10H14N4O. The molecule has 0 radical (unpaired) electrons. The van der Waals surface area contributed by atoms with Gasteiger partial charge < -0.3 is 10.6 Å². The number of nitrogens with one attached hydrogen (secondary N) is 2. The monoisotopic (exact) mass is 206 g/mol. The van der Waals surface area contributed by atoms with Crippen molar-refractivity contribution in [2.24, 2.45) is 0 Å². The van der Waals surface area contributed by atoms with Crippen LogP contribution in [-0.2, 0) is 17.6 Å². The number of amides is 1. The number of aromatic nitrogens is 2. The molecule has 80 valence electrons. The van der Waals surface area contributed by atoms with Crippen LogP contribution in [0.15, 0.2) is 6.33 Å². The molecule has 0 fully saturated rings. The highest BCUT2D eigenvalue weighted by Crippen LogP contribution is 2.24. The van der Waals surface area contributed by atoms with E-state index in [1.165, 1.54) is 5.56 Å². The van der Waals surface area contributed by atoms with Crippen LogP contribution in [0.2, 0.25) is 0 Å². The van der Waals surface area contributed by atoms with Crippen molar-refractivity contribution in [3.05, 3.63) is 17.6 Å². The number of hydrogen-bond acceptors (Lipinski definition) is 4. The molecule has 2 rings (SSSR count). The first-order valence-corrected chi connectivity index (χ1v) is 5.08. The number of nitrogens with zero attached hydrogens (tertiary/aromatic N) is 2. The van der Waals surface area contributed by atoms with Gasteiger partial charge in [-0.2, -0.15) is 0 Å². The number of carbonyl (C=O) groups excluding carboxylic acids is 1. The summed E-state index contributed by atoms with van der Waals surface area (Å²) in [4.78, 5) is 19.4. The van der Waals surface area contributed by atoms with E-state index in [4.69, 9.17) is 0 Å². The highest BCUT2D eigenvalue weighted by atomic mass is 16.1. The van der Waals surface area contributed by atoms with Crippen LogP contribution in [0.25, 0.3) is 0 Å². The second kappa shape index (κ2) is 4.25. The van der Waals surface area contributed by atoms with Crippen LogP contribution in [-0.4, -0.2) is 29.5 Å². The predicted molar refractivity (Wildman–Crippen MR) is 56.6 cm³/mol. The van der Waals surface area contributed by atoms with E-state index in [2.05, 4.69) is 20.6 Å². The lowest BCUT2D eigenvalue weighted by Crippen LogP contribution is -2.26. The second-order valence-electron chi connectivity index (χ2n) is 3.53. The van der Waals surface area contributed by atoms with Crippen LogP contribution in [0.1, 0.15) is 17.7 Å². The first kappa shape index (κ1) is 9.89. The highest BCUT2D eigenvalue weighted by molar-refractivity contribution is 5.80. The van der Waals surface area contributed by atoms with Gasteiger partial charge in [-0.25, -0.2) is 9.97 Å². The van der Waals surface area contributed by atoms with Gasteiger partial charge in [0.2, 0.25) is 5.91 Å². The van der Waals surface area contributed by atoms with Gasteiger partial charge in [0.1, 0.15) is 12.1 Å². The van der Waals surface area contributed by atoms with E-state index in [9.17, 15) is 4.79 Å². The Morgan fingerprint density at radius 2 is 2.33 bits per heavy atom. The van der Waals surface area contributed by atoms with Gasteiger partial charge in [0.25, 0.3) is 0 Å². The molecule has 0 saturated heterocycles. The van der Waals surface area contributed by atoms with E-state index >= 15 is 0 Å². The fraction of sp³-hybridized carbons (Fsp3) is 0.500. The summed E-state index contributed by atoms with van der Waals surface area (Å²) >= 11 is 0. The fourth-order valence-corrected chi connectivity index (χ4v) is 1.76. The average Bonchev–Trinajstić information content (AvgIpc) is 2.74. The zero-order valence-electron chi connectivity index (χ0n) is 8.71. The molecule has 5 nitrogen and oxygen atoms in total. The fourth-order valence-electron chi connectivity index (χ4n) is 1.76. The smallest absolute Gasteiger partial charge is 0.239 e. The summed E-state index contributed by atoms with van der Waals surface area (Å²) < 4.78 is 0. The first-order valence-electron chi connectivity index (χ1n) is 5.08. The summed E-state index contributed by atoms with van der Waals surface area (Å²) in [6, 6.07) is 0. The molecule has 1 heterocycles. The summed E-state index contributed by atoms with van der Waals surface area (Å²) in [5.74, 6) is 0.765. The molecule has 1 aromatic heterocycles. The van der Waals surface area contributed by atoms with Crippen molar-refractivity contribution in [2.45, 2.75) is 19.3 Å². The van der Waals surface area contributed by atoms with E-state index < -0.39 is 0 Å². The quantitative estimate of drug-likeness (QED) is 0.737. The van der Waals surface area contributed by atoms with E-state index in [1.54, 1.807) is 13.4 Å². The standard InChI is InChI=1S/C10H14N4O/c1-11-9(15)5-12-10-7-3-2-4-8(7)13-6-14-10/h6H,2-5H2,1H3,(H,11,15)(H,12,13,14). The minimum Gasteiger partial charge on any atom is -0.361 e. The first-order chi connectivity index (χ1) is 7.31. The Morgan fingerprint density at radius 1 is 1.47 bits per heavy atom. The van der Waals surface area contributed by atoms with E-state index in [0.29, 0.717) is 0 Å². The van der Waals surface area contributed by atoms with Crippen molar-refractivity contribution >= 4 is 11.7 Å². The van der Waals surface area contributed by atoms with Crippen molar-refractivity contribution in [1.82, 2.24) is 15.3 Å². The number of aryl methyl sites for hydroxylation is 1. The highest BCUT2D eigenvalue weighted by Gasteiger charge is 2.16. The SMILES string of the molecule is CNC(=O)CNc1ncnc2c1CCC2. The number of likely N-dealkylation sites (N-methyl/N-ethyl adjacent to an activating group) is 1. The van der Waals surface area contributed by atoms with E-state index in [1.807, 2.05) is 0 Å². The zero-order chi connectivity index (χ0) is 10.7. The third-order valence-electron chi connectivity index (χ3n) is 2.57. The molecule has 0 saturated carbocycles. The molecule has 15 heavy (non-hydrogen) atoms. The Morgan fingerprint density at radius 3 is 3.13 bits per heavy atom. The number of anilines is 1. The zero-order valence-corrected chi connectivity index (χ0v) is 8.71. The normalized spacial score (nSPS) is 13.4. The molecule has 1 aromatic rings. The summed E-state index contributed by atoms with van der Waals surface area (Å²) in [5.41, 5.74) is 2.28. The van der Waals surface area contributed by atoms with Gasteiger partial charge in [0.05, 0.1) is 6.54 Å². The molecule has 0 aliphatic heterocycles. The topological polar surface area (TPSA) is 66.9 Å². The Labute approximate surface area is 88.3 Å². The van der Waals surface area contributed by atoms with E-state index in [0.717, 1.165) is 30.8 Å². The molecule has 5 heteroatoms. The van der Waals surface area contributed by atoms with Gasteiger partial charge in [-0.3, -0.25) is 4.79 Å². The molecule has 0 unspecified atom stereocenters. The van der Waals surface area contributed by atoms with Gasteiger partial charge in [-0.1, -0.05) is 0 Å². The Hall–Kier alpha value is -1.65. The van der Waals surface area contributed by atoms with Crippen molar-refractivity contribution < 1.29 is 4.79 Å². The Balaban J connectivity index is 2.09. The van der Waals surface area contributed by atoms with Crippen molar-refractivity contribution in [3.8, 4) is 0 Å². The second-order valence-corrected chi connectivity index (χ2v) is 3.53. The van der Waals surface area contributed by atoms with Gasteiger partial charge in [-0.05, 0) is 19.3 Å². The number of carbonyl (C=O) groups is 1. The Kier molecular flexibility index (Phi) is 2.80. The third-order valence-corrected chi connectivity index (χ3v) is 2.57. The van der Waals surface area contributed by atoms with Crippen molar-refractivity contribution in [2.75, 3.05) is 18.9 Å². The number of rotatable bonds is 3. The summed E-state index contributed by atoms with van der Waals surface area (Å²) in [6.07, 6.45) is 4.71. The molecule has 1 amide bonds. The maximum atomic E-state index is 11.1. The molecule has 0 atom stereocenters. The third kappa shape index (κ3) is 2.06. The van der Waals surface area contributed by atoms with Crippen LogP contribution >= 0.6 is 0 Å². The van der Waals surface area contributed by atoms with Gasteiger partial charge in [0, 0.05) is 18.3 Å². The average molecular weight is 206 g/mol. The van der Waals surface area contributed by atoms with Gasteiger partial charge in [0.15, 0.2) is 0 Å². The molecule has 1 aliphatic carbocycles. The van der Waals surface area contributed by atoms with Gasteiger partial charge >= 0.3 is 0 Å². The predicted octanol–water partition coefficient (Wildman–Crippen LogP) is 0.123. The largest absolute Gasteiger partial charge is 0.361 e. The number of fused-ring (bicyclic) bond motifs is 1. The lowest BCUT2D eigenvalue weighted by molar-refractivity contribution is -0.118. The van der Waals surface area contributed by atoms with Crippen molar-refractivity contribution in [3.63, 3.8) is 0 Å². The molecule has 1 aliphatic rings. The van der Waals surface area contributed by atoms with Crippen LogP contribution in [0.5, 0.6) is 0 Å². The van der Waals surface area contributed by atoms with Crippen LogP contribution in [0.3, 0.4) is 0 Å². The molecule has 0 spiro atoms. The molecule has 2 N–H and O–H groups in total. The van der Waals surface area contributed by atoms with Crippen molar-refractivity contribution in [1.29, 1.82) is 0 Å². The van der Waals surface area contributed by atoms with Gasteiger partial charge in [-0.15, -0.1) is 0 Å². The van der Waals surface area contributed by atoms with Crippen LogP contribution in [0.4, 0.5) is 5.82 Å². The summed E-state index contributed by atoms with van der Waals surface area (Å²) in [6.45, 7) is 0.264. The summed E-state index contributed by atoms with van der Waals surface area (Å²) in [7, 11) is 1.62. The molecule has 0 bridgehead atoms. The molecule has 0 aromatic carbocycles. The summed E-state index contributed by atoms with van der Waals surface area (Å²) in [5, 5.41) is 5.59. The molecular weight excluding hydrogens is 192 g/mol.